The fraction of sp³-hybridized carbons (Fsp3) is 0.235. The zero-order valence-corrected chi connectivity index (χ0v) is 12.5. The summed E-state index contributed by atoms with van der Waals surface area (Å²) in [5.74, 6) is 0.885. The summed E-state index contributed by atoms with van der Waals surface area (Å²) in [6.07, 6.45) is 3.99. The molecule has 0 spiro atoms. The largest absolute Gasteiger partial charge is 0.480 e. The number of carbonyl (C=O) groups excluding carboxylic acids is 1. The summed E-state index contributed by atoms with van der Waals surface area (Å²) in [6.45, 7) is 1.32. The van der Waals surface area contributed by atoms with E-state index in [-0.39, 0.29) is 5.91 Å². The summed E-state index contributed by atoms with van der Waals surface area (Å²) in [6, 6.07) is 7.63. The molecule has 1 aromatic carbocycles. The number of benzene rings is 1. The van der Waals surface area contributed by atoms with Crippen molar-refractivity contribution in [2.45, 2.75) is 12.5 Å². The predicted molar refractivity (Wildman–Crippen MR) is 89.5 cm³/mol. The van der Waals surface area contributed by atoms with Crippen LogP contribution in [0.15, 0.2) is 35.3 Å². The molecule has 3 heterocycles. The molecule has 1 atom stereocenters. The van der Waals surface area contributed by atoms with E-state index in [2.05, 4.69) is 15.3 Å². The number of hydrogen-bond acceptors (Lipinski definition) is 5. The fourth-order valence-electron chi connectivity index (χ4n) is 2.88. The van der Waals surface area contributed by atoms with Crippen LogP contribution in [0.4, 0.5) is 5.82 Å². The number of fused-ring (bicyclic) bond motifs is 1. The van der Waals surface area contributed by atoms with Crippen LogP contribution in [-0.4, -0.2) is 36.3 Å². The molecule has 23 heavy (non-hydrogen) atoms. The minimum absolute atomic E-state index is 0.0848. The van der Waals surface area contributed by atoms with E-state index in [1.54, 1.807) is 12.3 Å². The minimum atomic E-state index is -0.467. The number of allylic oxidation sites excluding steroid dienone is 1. The van der Waals surface area contributed by atoms with Crippen LogP contribution in [0.5, 0.6) is 5.75 Å². The zero-order chi connectivity index (χ0) is 15.8. The van der Waals surface area contributed by atoms with Crippen molar-refractivity contribution in [1.29, 1.82) is 0 Å². The van der Waals surface area contributed by atoms with E-state index in [4.69, 9.17) is 10.5 Å². The van der Waals surface area contributed by atoms with Gasteiger partial charge in [-0.05, 0) is 29.3 Å². The number of nitrogens with two attached hydrogens (primary N) is 1. The Morgan fingerprint density at radius 2 is 2.22 bits per heavy atom. The van der Waals surface area contributed by atoms with Gasteiger partial charge in [-0.15, -0.1) is 0 Å². The molecule has 3 N–H and O–H groups in total. The maximum atomic E-state index is 11.7. The lowest BCUT2D eigenvalue weighted by atomic mass is 10.0. The van der Waals surface area contributed by atoms with E-state index in [0.29, 0.717) is 31.1 Å². The number of pyridine rings is 1. The molecule has 2 aliphatic heterocycles. The number of carbonyl (C=O) groups is 1. The number of aromatic nitrogens is 1. The molecule has 1 aromatic heterocycles. The smallest absolute Gasteiger partial charge is 0.261 e. The summed E-state index contributed by atoms with van der Waals surface area (Å²) in [5.41, 5.74) is 8.87. The number of hydrogen-bond donors (Lipinski definition) is 2. The van der Waals surface area contributed by atoms with Gasteiger partial charge >= 0.3 is 0 Å². The molecular weight excluding hydrogens is 292 g/mol. The van der Waals surface area contributed by atoms with Gasteiger partial charge < -0.3 is 15.8 Å². The molecule has 6 nitrogen and oxygen atoms in total. The molecule has 0 saturated carbocycles. The predicted octanol–water partition coefficient (Wildman–Crippen LogP) is 1.55. The second kappa shape index (κ2) is 5.39. The molecule has 1 fully saturated rings. The third-order valence-corrected chi connectivity index (χ3v) is 4.07. The summed E-state index contributed by atoms with van der Waals surface area (Å²) in [4.78, 5) is 20.3. The number of aliphatic imine (C=N–C) groups is 1. The Kier molecular flexibility index (Phi) is 3.22. The lowest BCUT2D eigenvalue weighted by Gasteiger charge is -2.14. The van der Waals surface area contributed by atoms with Crippen LogP contribution >= 0.6 is 0 Å². The van der Waals surface area contributed by atoms with Gasteiger partial charge in [-0.3, -0.25) is 9.79 Å². The number of ether oxygens (including phenoxy) is 1. The normalized spacial score (nSPS) is 19.9. The Morgan fingerprint density at radius 3 is 2.96 bits per heavy atom. The second-order valence-electron chi connectivity index (χ2n) is 5.65. The van der Waals surface area contributed by atoms with E-state index in [9.17, 15) is 4.79 Å². The summed E-state index contributed by atoms with van der Waals surface area (Å²) in [7, 11) is 0. The molecule has 0 bridgehead atoms. The number of nitrogens with zero attached hydrogens (tertiary/aromatic N) is 2. The van der Waals surface area contributed by atoms with Crippen LogP contribution in [0, 0.1) is 0 Å². The van der Waals surface area contributed by atoms with Crippen LogP contribution in [-0.2, 0) is 4.79 Å². The number of amides is 1. The molecule has 2 aliphatic rings. The molecule has 2 aromatic rings. The number of nitrogen functional groups attached to an aromatic ring is 1. The van der Waals surface area contributed by atoms with Crippen LogP contribution < -0.4 is 15.8 Å². The monoisotopic (exact) mass is 308 g/mol. The van der Waals surface area contributed by atoms with E-state index in [1.807, 2.05) is 24.3 Å². The third kappa shape index (κ3) is 2.52. The summed E-state index contributed by atoms with van der Waals surface area (Å²) >= 11 is 0. The number of rotatable bonds is 3. The van der Waals surface area contributed by atoms with Gasteiger partial charge in [0.15, 0.2) is 6.10 Å². The zero-order valence-electron chi connectivity index (χ0n) is 12.5. The molecule has 0 aliphatic carbocycles. The highest BCUT2D eigenvalue weighted by molar-refractivity contribution is 5.94. The van der Waals surface area contributed by atoms with Crippen molar-refractivity contribution in [2.24, 2.45) is 4.99 Å². The van der Waals surface area contributed by atoms with Gasteiger partial charge in [-0.25, -0.2) is 4.98 Å². The summed E-state index contributed by atoms with van der Waals surface area (Å²) in [5, 5.41) is 3.62. The number of anilines is 1. The lowest BCUT2D eigenvalue weighted by molar-refractivity contribution is -0.124. The highest BCUT2D eigenvalue weighted by atomic mass is 16.5. The van der Waals surface area contributed by atoms with Crippen molar-refractivity contribution in [1.82, 2.24) is 10.3 Å². The molecule has 6 heteroatoms. The molecule has 116 valence electrons. The molecule has 4 rings (SSSR count). The lowest BCUT2D eigenvalue weighted by Crippen LogP contribution is -2.27. The van der Waals surface area contributed by atoms with Gasteiger partial charge in [0.25, 0.3) is 5.91 Å². The van der Waals surface area contributed by atoms with Crippen molar-refractivity contribution in [3.63, 3.8) is 0 Å². The van der Waals surface area contributed by atoms with E-state index >= 15 is 0 Å². The van der Waals surface area contributed by atoms with Crippen molar-refractivity contribution in [2.75, 3.05) is 18.8 Å². The Balaban J connectivity index is 1.74. The molecular formula is C17H16N4O2. The van der Waals surface area contributed by atoms with Crippen molar-refractivity contribution in [3.05, 3.63) is 35.9 Å². The highest BCUT2D eigenvalue weighted by Gasteiger charge is 2.26. The fourth-order valence-corrected chi connectivity index (χ4v) is 2.88. The van der Waals surface area contributed by atoms with Crippen molar-refractivity contribution < 1.29 is 9.53 Å². The van der Waals surface area contributed by atoms with Gasteiger partial charge in [-0.1, -0.05) is 6.07 Å². The maximum Gasteiger partial charge on any atom is 0.261 e. The highest BCUT2D eigenvalue weighted by Crippen LogP contribution is 2.31. The maximum absolute atomic E-state index is 11.7. The molecule has 1 saturated heterocycles. The van der Waals surface area contributed by atoms with Crippen LogP contribution in [0.25, 0.3) is 16.5 Å². The Bertz CT molecular complexity index is 857. The molecule has 0 radical (unpaired) electrons. The van der Waals surface area contributed by atoms with Gasteiger partial charge in [-0.2, -0.15) is 0 Å². The first-order chi connectivity index (χ1) is 11.2. The number of nitrogens with one attached hydrogen (secondary N) is 1. The molecule has 0 unspecified atom stereocenters. The average Bonchev–Trinajstić information content (AvgIpc) is 3.19. The molecule has 1 amide bonds. The van der Waals surface area contributed by atoms with Crippen LogP contribution in [0.1, 0.15) is 12.0 Å². The third-order valence-electron chi connectivity index (χ3n) is 4.07. The van der Waals surface area contributed by atoms with Crippen molar-refractivity contribution in [3.8, 4) is 5.75 Å². The summed E-state index contributed by atoms with van der Waals surface area (Å²) < 4.78 is 5.88. The first kappa shape index (κ1) is 13.8. The Labute approximate surface area is 133 Å². The van der Waals surface area contributed by atoms with Gasteiger partial charge in [0.1, 0.15) is 11.6 Å². The Morgan fingerprint density at radius 1 is 1.30 bits per heavy atom. The van der Waals surface area contributed by atoms with Gasteiger partial charge in [0.2, 0.25) is 0 Å². The van der Waals surface area contributed by atoms with Crippen molar-refractivity contribution >= 4 is 34.4 Å². The SMILES string of the molecule is Nc1cc(O[C@H]2CCNC2=O)c2ccc(C3=CC=NC3)cc2n1. The first-order valence-electron chi connectivity index (χ1n) is 7.55. The average molecular weight is 308 g/mol. The standard InChI is InChI=1S/C17H16N4O2/c18-16-8-15(23-14-4-6-20-17(14)22)12-2-1-10(7-13(12)21-16)11-3-5-19-9-11/h1-3,5,7-8,14H,4,6,9H2,(H2,18,21)(H,20,22)/t14-/m0/s1. The van der Waals surface area contributed by atoms with Crippen LogP contribution in [0.2, 0.25) is 0 Å². The van der Waals surface area contributed by atoms with Crippen LogP contribution in [0.3, 0.4) is 0 Å². The minimum Gasteiger partial charge on any atom is -0.480 e. The van der Waals surface area contributed by atoms with E-state index in [0.717, 1.165) is 22.0 Å². The van der Waals surface area contributed by atoms with E-state index < -0.39 is 6.10 Å². The Hall–Kier alpha value is -2.89. The first-order valence-corrected chi connectivity index (χ1v) is 7.55. The van der Waals surface area contributed by atoms with E-state index in [1.165, 1.54) is 0 Å². The quantitative estimate of drug-likeness (QED) is 0.900. The second-order valence-corrected chi connectivity index (χ2v) is 5.65. The van der Waals surface area contributed by atoms with Gasteiger partial charge in [0, 0.05) is 30.6 Å². The van der Waals surface area contributed by atoms with Gasteiger partial charge in [0.05, 0.1) is 12.1 Å². The topological polar surface area (TPSA) is 89.6 Å².